The van der Waals surface area contributed by atoms with Crippen LogP contribution >= 0.6 is 0 Å². The molecule has 1 saturated carbocycles. The summed E-state index contributed by atoms with van der Waals surface area (Å²) in [5.41, 5.74) is 0. The van der Waals surface area contributed by atoms with E-state index in [-0.39, 0.29) is 10.8 Å². The van der Waals surface area contributed by atoms with Gasteiger partial charge in [-0.3, -0.25) is 0 Å². The smallest absolute Gasteiger partial charge is 0.197 e. The molecule has 1 aromatic carbocycles. The van der Waals surface area contributed by atoms with Gasteiger partial charge in [0, 0.05) is 0 Å². The van der Waals surface area contributed by atoms with Crippen molar-refractivity contribution >= 4 is 9.84 Å². The quantitative estimate of drug-likeness (QED) is 0.806. The molecule has 0 N–H and O–H groups in total. The Labute approximate surface area is 95.6 Å². The molecule has 0 bridgehead atoms. The van der Waals surface area contributed by atoms with Crippen molar-refractivity contribution in [2.45, 2.75) is 29.4 Å². The first-order valence-electron chi connectivity index (χ1n) is 5.29. The maximum atomic E-state index is 12.3. The van der Waals surface area contributed by atoms with Gasteiger partial charge in [0.25, 0.3) is 0 Å². The van der Waals surface area contributed by atoms with Gasteiger partial charge in [-0.25, -0.2) is 8.42 Å². The summed E-state index contributed by atoms with van der Waals surface area (Å²) in [5.74, 6) is -0.0114. The van der Waals surface area contributed by atoms with Crippen LogP contribution in [0.4, 0.5) is 0 Å². The topological polar surface area (TPSA) is 57.9 Å². The summed E-state index contributed by atoms with van der Waals surface area (Å²) in [6.07, 6.45) is 1.21. The molecular weight excluding hydrogens is 222 g/mol. The summed E-state index contributed by atoms with van der Waals surface area (Å²) in [6.45, 7) is 1.92. The van der Waals surface area contributed by atoms with E-state index in [4.69, 9.17) is 5.26 Å². The fourth-order valence-corrected chi connectivity index (χ4v) is 4.20. The molecule has 4 heteroatoms. The molecule has 1 fully saturated rings. The maximum absolute atomic E-state index is 12.3. The third kappa shape index (κ3) is 1.35. The van der Waals surface area contributed by atoms with Crippen LogP contribution in [0, 0.1) is 17.2 Å². The van der Waals surface area contributed by atoms with Crippen LogP contribution in [0.25, 0.3) is 0 Å². The lowest BCUT2D eigenvalue weighted by atomic mass is 10.3. The molecule has 0 aromatic heterocycles. The molecule has 2 rings (SSSR count). The molecule has 2 atom stereocenters. The number of hydrogen-bond acceptors (Lipinski definition) is 3. The summed E-state index contributed by atoms with van der Waals surface area (Å²) in [6, 6.07) is 10.2. The molecule has 1 aliphatic carbocycles. The number of benzene rings is 1. The Hall–Kier alpha value is -1.34. The molecule has 0 spiro atoms. The zero-order valence-corrected chi connectivity index (χ0v) is 9.87. The zero-order valence-electron chi connectivity index (χ0n) is 9.05. The maximum Gasteiger partial charge on any atom is 0.197 e. The van der Waals surface area contributed by atoms with Crippen LogP contribution in [0.3, 0.4) is 0 Å². The highest BCUT2D eigenvalue weighted by Gasteiger charge is 2.63. The third-order valence-electron chi connectivity index (χ3n) is 3.26. The molecule has 0 amide bonds. The number of nitriles is 1. The van der Waals surface area contributed by atoms with Crippen molar-refractivity contribution in [1.82, 2.24) is 0 Å². The van der Waals surface area contributed by atoms with E-state index in [2.05, 4.69) is 0 Å². The highest BCUT2D eigenvalue weighted by atomic mass is 32.2. The summed E-state index contributed by atoms with van der Waals surface area (Å²) < 4.78 is 23.4. The molecule has 0 radical (unpaired) electrons. The summed E-state index contributed by atoms with van der Waals surface area (Å²) >= 11 is 0. The minimum atomic E-state index is -3.50. The van der Waals surface area contributed by atoms with E-state index in [0.717, 1.165) is 6.42 Å². The monoisotopic (exact) mass is 235 g/mol. The first-order chi connectivity index (χ1) is 7.58. The van der Waals surface area contributed by atoms with Gasteiger partial charge >= 0.3 is 0 Å². The Balaban J connectivity index is 2.46. The first kappa shape index (κ1) is 11.2. The predicted octanol–water partition coefficient (Wildman–Crippen LogP) is 2.15. The molecule has 0 saturated heterocycles. The van der Waals surface area contributed by atoms with Crippen molar-refractivity contribution in [1.29, 1.82) is 5.26 Å². The highest BCUT2D eigenvalue weighted by molar-refractivity contribution is 7.93. The lowest BCUT2D eigenvalue weighted by Crippen LogP contribution is -2.23. The molecular formula is C12H13NO2S. The van der Waals surface area contributed by atoms with E-state index in [1.165, 1.54) is 0 Å². The summed E-state index contributed by atoms with van der Waals surface area (Å²) in [7, 11) is -3.50. The Morgan fingerprint density at radius 2 is 2.06 bits per heavy atom. The molecule has 3 nitrogen and oxygen atoms in total. The number of nitrogens with zero attached hydrogens (tertiary/aromatic N) is 1. The number of hydrogen-bond donors (Lipinski definition) is 0. The summed E-state index contributed by atoms with van der Waals surface area (Å²) in [4.78, 5) is 0.257. The number of sulfone groups is 1. The number of rotatable bonds is 3. The average Bonchev–Trinajstić information content (AvgIpc) is 3.05. The van der Waals surface area contributed by atoms with Gasteiger partial charge in [-0.05, 0) is 24.5 Å². The molecule has 1 aliphatic rings. The van der Waals surface area contributed by atoms with E-state index < -0.39 is 14.6 Å². The molecule has 84 valence electrons. The second kappa shape index (κ2) is 3.60. The van der Waals surface area contributed by atoms with Crippen LogP contribution < -0.4 is 0 Å². The standard InChI is InChI=1S/C12H13NO2S/c1-2-10-8-12(10,9-13)16(14,15)11-6-4-3-5-7-11/h3-7,10H,2,8H2,1H3. The van der Waals surface area contributed by atoms with Gasteiger partial charge in [-0.2, -0.15) is 5.26 Å². The van der Waals surface area contributed by atoms with E-state index in [1.807, 2.05) is 13.0 Å². The van der Waals surface area contributed by atoms with E-state index >= 15 is 0 Å². The zero-order chi connectivity index (χ0) is 11.8. The van der Waals surface area contributed by atoms with Crippen molar-refractivity contribution in [2.24, 2.45) is 5.92 Å². The average molecular weight is 235 g/mol. The van der Waals surface area contributed by atoms with Gasteiger partial charge in [0.2, 0.25) is 0 Å². The van der Waals surface area contributed by atoms with E-state index in [1.54, 1.807) is 30.3 Å². The Morgan fingerprint density at radius 1 is 1.44 bits per heavy atom. The van der Waals surface area contributed by atoms with Gasteiger partial charge in [0.1, 0.15) is 0 Å². The largest absolute Gasteiger partial charge is 0.222 e. The van der Waals surface area contributed by atoms with Crippen molar-refractivity contribution in [3.8, 4) is 6.07 Å². The van der Waals surface area contributed by atoms with Crippen LogP contribution in [0.5, 0.6) is 0 Å². The van der Waals surface area contributed by atoms with Crippen molar-refractivity contribution in [2.75, 3.05) is 0 Å². The summed E-state index contributed by atoms with van der Waals surface area (Å²) in [5, 5.41) is 9.13. The van der Waals surface area contributed by atoms with Crippen molar-refractivity contribution < 1.29 is 8.42 Å². The van der Waals surface area contributed by atoms with Crippen LogP contribution in [0.15, 0.2) is 35.2 Å². The van der Waals surface area contributed by atoms with Crippen LogP contribution in [0.1, 0.15) is 19.8 Å². The minimum Gasteiger partial charge on any atom is -0.222 e. The van der Waals surface area contributed by atoms with Gasteiger partial charge in [0.15, 0.2) is 14.6 Å². The Bertz CT molecular complexity index is 530. The molecule has 2 unspecified atom stereocenters. The lowest BCUT2D eigenvalue weighted by Gasteiger charge is -2.09. The Kier molecular flexibility index (Phi) is 2.51. The second-order valence-electron chi connectivity index (χ2n) is 4.13. The van der Waals surface area contributed by atoms with Gasteiger partial charge in [-0.15, -0.1) is 0 Å². The van der Waals surface area contributed by atoms with Crippen molar-refractivity contribution in [3.05, 3.63) is 30.3 Å². The third-order valence-corrected chi connectivity index (χ3v) is 5.71. The second-order valence-corrected chi connectivity index (χ2v) is 6.33. The van der Waals surface area contributed by atoms with E-state index in [0.29, 0.717) is 6.42 Å². The highest BCUT2D eigenvalue weighted by Crippen LogP contribution is 2.53. The minimum absolute atomic E-state index is 0.0114. The SMILES string of the molecule is CCC1CC1(C#N)S(=O)(=O)c1ccccc1. The van der Waals surface area contributed by atoms with Crippen LogP contribution in [-0.2, 0) is 9.84 Å². The molecule has 0 heterocycles. The first-order valence-corrected chi connectivity index (χ1v) is 6.77. The lowest BCUT2D eigenvalue weighted by molar-refractivity contribution is 0.581. The van der Waals surface area contributed by atoms with Gasteiger partial charge < -0.3 is 0 Å². The normalized spacial score (nSPS) is 28.4. The van der Waals surface area contributed by atoms with Crippen molar-refractivity contribution in [3.63, 3.8) is 0 Å². The molecule has 1 aromatic rings. The predicted molar refractivity (Wildman–Crippen MR) is 60.4 cm³/mol. The van der Waals surface area contributed by atoms with Gasteiger partial charge in [0.05, 0.1) is 11.0 Å². The van der Waals surface area contributed by atoms with E-state index in [9.17, 15) is 8.42 Å². The van der Waals surface area contributed by atoms with Crippen LogP contribution in [0.2, 0.25) is 0 Å². The fourth-order valence-electron chi connectivity index (χ4n) is 2.12. The van der Waals surface area contributed by atoms with Crippen LogP contribution in [-0.4, -0.2) is 13.2 Å². The molecule has 16 heavy (non-hydrogen) atoms. The Morgan fingerprint density at radius 3 is 2.50 bits per heavy atom. The fraction of sp³-hybridized carbons (Fsp3) is 0.417. The van der Waals surface area contributed by atoms with Gasteiger partial charge in [-0.1, -0.05) is 31.5 Å². The molecule has 0 aliphatic heterocycles.